The molecular weight excluding hydrogens is 226 g/mol. The number of likely N-dealkylation sites (N-methyl/N-ethyl adjacent to an activating group) is 1. The molecule has 1 aromatic carbocycles. The van der Waals surface area contributed by atoms with Gasteiger partial charge in [0.1, 0.15) is 5.75 Å². The standard InChI is InChI=1S/C15H17NO2/c1-16-9-8-15(7-6-13(18)10-14(15)16)11-2-4-12(17)5-3-11/h2-7,14,17H,8-10H2,1H3/t14-,15-/m1/s1. The first-order chi connectivity index (χ1) is 8.62. The Hall–Kier alpha value is -1.61. The number of nitrogens with zero attached hydrogens (tertiary/aromatic N) is 1. The Morgan fingerprint density at radius 2 is 2.06 bits per heavy atom. The van der Waals surface area contributed by atoms with Gasteiger partial charge >= 0.3 is 0 Å². The third-order valence-corrected chi connectivity index (χ3v) is 4.37. The number of benzene rings is 1. The summed E-state index contributed by atoms with van der Waals surface area (Å²) in [6.07, 6.45) is 5.42. The van der Waals surface area contributed by atoms with E-state index >= 15 is 0 Å². The number of rotatable bonds is 1. The average Bonchev–Trinajstić information content (AvgIpc) is 2.69. The highest BCUT2D eigenvalue weighted by molar-refractivity contribution is 5.92. The fourth-order valence-electron chi connectivity index (χ4n) is 3.31. The highest BCUT2D eigenvalue weighted by atomic mass is 16.3. The van der Waals surface area contributed by atoms with Crippen molar-refractivity contribution in [2.45, 2.75) is 24.3 Å². The average molecular weight is 243 g/mol. The number of fused-ring (bicyclic) bond motifs is 1. The number of ketones is 1. The van der Waals surface area contributed by atoms with E-state index in [1.54, 1.807) is 18.2 Å². The summed E-state index contributed by atoms with van der Waals surface area (Å²) in [4.78, 5) is 13.9. The van der Waals surface area contributed by atoms with E-state index in [0.29, 0.717) is 6.42 Å². The molecule has 1 fully saturated rings. The van der Waals surface area contributed by atoms with Gasteiger partial charge in [0.05, 0.1) is 0 Å². The number of phenolic OH excluding ortho intramolecular Hbond substituents is 1. The first-order valence-electron chi connectivity index (χ1n) is 6.34. The van der Waals surface area contributed by atoms with Gasteiger partial charge in [0.15, 0.2) is 5.78 Å². The van der Waals surface area contributed by atoms with Crippen molar-refractivity contribution < 1.29 is 9.90 Å². The molecule has 18 heavy (non-hydrogen) atoms. The molecule has 0 unspecified atom stereocenters. The minimum absolute atomic E-state index is 0.0592. The van der Waals surface area contributed by atoms with E-state index in [9.17, 15) is 9.90 Å². The molecule has 1 aromatic rings. The predicted octanol–water partition coefficient (Wildman–Crippen LogP) is 1.86. The van der Waals surface area contributed by atoms with Crippen LogP contribution in [0.3, 0.4) is 0 Å². The van der Waals surface area contributed by atoms with Gasteiger partial charge in [-0.1, -0.05) is 18.2 Å². The summed E-state index contributed by atoms with van der Waals surface area (Å²) in [5.41, 5.74) is 1.13. The Morgan fingerprint density at radius 1 is 1.33 bits per heavy atom. The number of carbonyl (C=O) groups is 1. The smallest absolute Gasteiger partial charge is 0.157 e. The maximum Gasteiger partial charge on any atom is 0.157 e. The molecule has 0 saturated carbocycles. The fourth-order valence-corrected chi connectivity index (χ4v) is 3.31. The van der Waals surface area contributed by atoms with Crippen LogP contribution in [0.15, 0.2) is 36.4 Å². The third-order valence-electron chi connectivity index (χ3n) is 4.37. The molecule has 2 aliphatic rings. The Kier molecular flexibility index (Phi) is 2.52. The van der Waals surface area contributed by atoms with Crippen LogP contribution < -0.4 is 0 Å². The summed E-state index contributed by atoms with van der Waals surface area (Å²) < 4.78 is 0. The van der Waals surface area contributed by atoms with Gasteiger partial charge < -0.3 is 10.0 Å². The minimum atomic E-state index is -0.0592. The molecule has 0 bridgehead atoms. The Morgan fingerprint density at radius 3 is 2.78 bits per heavy atom. The van der Waals surface area contributed by atoms with Gasteiger partial charge in [-0.15, -0.1) is 0 Å². The normalized spacial score (nSPS) is 31.6. The summed E-state index contributed by atoms with van der Waals surface area (Å²) in [6, 6.07) is 7.65. The lowest BCUT2D eigenvalue weighted by molar-refractivity contribution is -0.116. The topological polar surface area (TPSA) is 40.5 Å². The molecule has 0 amide bonds. The first kappa shape index (κ1) is 11.5. The Balaban J connectivity index is 2.08. The van der Waals surface area contributed by atoms with Crippen molar-refractivity contribution in [3.8, 4) is 5.75 Å². The number of aromatic hydroxyl groups is 1. The maximum atomic E-state index is 11.6. The molecule has 94 valence electrons. The lowest BCUT2D eigenvalue weighted by Gasteiger charge is -2.37. The van der Waals surface area contributed by atoms with Crippen molar-refractivity contribution in [3.05, 3.63) is 42.0 Å². The van der Waals surface area contributed by atoms with Crippen molar-refractivity contribution >= 4 is 5.78 Å². The van der Waals surface area contributed by atoms with E-state index in [1.165, 1.54) is 5.56 Å². The van der Waals surface area contributed by atoms with E-state index in [-0.39, 0.29) is 23.0 Å². The second-order valence-corrected chi connectivity index (χ2v) is 5.34. The van der Waals surface area contributed by atoms with E-state index in [4.69, 9.17) is 0 Å². The first-order valence-corrected chi connectivity index (χ1v) is 6.34. The van der Waals surface area contributed by atoms with Crippen LogP contribution in [0.25, 0.3) is 0 Å². The van der Waals surface area contributed by atoms with Crippen molar-refractivity contribution in [3.63, 3.8) is 0 Å². The molecule has 0 spiro atoms. The van der Waals surface area contributed by atoms with Crippen molar-refractivity contribution in [2.24, 2.45) is 0 Å². The minimum Gasteiger partial charge on any atom is -0.508 e. The van der Waals surface area contributed by atoms with Gasteiger partial charge in [-0.3, -0.25) is 4.79 Å². The summed E-state index contributed by atoms with van der Waals surface area (Å²) in [5, 5.41) is 9.40. The molecular formula is C15H17NO2. The van der Waals surface area contributed by atoms with Crippen LogP contribution in [0.5, 0.6) is 5.75 Å². The number of allylic oxidation sites excluding steroid dienone is 1. The summed E-state index contributed by atoms with van der Waals surface area (Å²) >= 11 is 0. The zero-order valence-corrected chi connectivity index (χ0v) is 10.5. The van der Waals surface area contributed by atoms with Crippen LogP contribution in [0.2, 0.25) is 0 Å². The largest absolute Gasteiger partial charge is 0.508 e. The summed E-state index contributed by atoms with van der Waals surface area (Å²) in [6.45, 7) is 1.00. The Bertz CT molecular complexity index is 506. The van der Waals surface area contributed by atoms with Crippen LogP contribution in [0, 0.1) is 0 Å². The van der Waals surface area contributed by atoms with E-state index < -0.39 is 0 Å². The van der Waals surface area contributed by atoms with Crippen molar-refractivity contribution in [2.75, 3.05) is 13.6 Å². The monoisotopic (exact) mass is 243 g/mol. The molecule has 1 N–H and O–H groups in total. The van der Waals surface area contributed by atoms with Crippen molar-refractivity contribution in [1.29, 1.82) is 0 Å². The molecule has 0 radical (unpaired) electrons. The highest BCUT2D eigenvalue weighted by Gasteiger charge is 2.47. The lowest BCUT2D eigenvalue weighted by Crippen LogP contribution is -2.43. The van der Waals surface area contributed by atoms with E-state index in [1.807, 2.05) is 12.1 Å². The van der Waals surface area contributed by atoms with Gasteiger partial charge in [0.25, 0.3) is 0 Å². The molecule has 1 heterocycles. The van der Waals surface area contributed by atoms with Crippen LogP contribution in [0.4, 0.5) is 0 Å². The summed E-state index contributed by atoms with van der Waals surface area (Å²) in [7, 11) is 2.08. The zero-order valence-electron chi connectivity index (χ0n) is 10.5. The molecule has 1 saturated heterocycles. The fraction of sp³-hybridized carbons (Fsp3) is 0.400. The van der Waals surface area contributed by atoms with Crippen molar-refractivity contribution in [1.82, 2.24) is 4.90 Å². The van der Waals surface area contributed by atoms with E-state index in [2.05, 4.69) is 18.0 Å². The molecule has 1 aliphatic carbocycles. The van der Waals surface area contributed by atoms with Crippen LogP contribution in [0.1, 0.15) is 18.4 Å². The molecule has 1 aliphatic heterocycles. The van der Waals surface area contributed by atoms with Gasteiger partial charge in [0.2, 0.25) is 0 Å². The van der Waals surface area contributed by atoms with E-state index in [0.717, 1.165) is 13.0 Å². The van der Waals surface area contributed by atoms with Crippen LogP contribution in [-0.4, -0.2) is 35.4 Å². The second kappa shape index (κ2) is 3.95. The third kappa shape index (κ3) is 1.58. The maximum absolute atomic E-state index is 11.6. The number of hydrogen-bond acceptors (Lipinski definition) is 3. The number of likely N-dealkylation sites (tertiary alicyclic amines) is 1. The molecule has 3 nitrogen and oxygen atoms in total. The van der Waals surface area contributed by atoms with Crippen LogP contribution in [-0.2, 0) is 10.2 Å². The van der Waals surface area contributed by atoms with Gasteiger partial charge in [-0.2, -0.15) is 0 Å². The molecule has 3 rings (SSSR count). The predicted molar refractivity (Wildman–Crippen MR) is 69.6 cm³/mol. The number of hydrogen-bond donors (Lipinski definition) is 1. The number of phenols is 1. The quantitative estimate of drug-likeness (QED) is 0.818. The SMILES string of the molecule is CN1CC[C@@]2(c3ccc(O)cc3)C=CC(=O)C[C@@H]12. The number of carbonyl (C=O) groups excluding carboxylic acids is 1. The lowest BCUT2D eigenvalue weighted by atomic mass is 9.70. The molecule has 3 heteroatoms. The Labute approximate surface area is 107 Å². The van der Waals surface area contributed by atoms with Gasteiger partial charge in [-0.25, -0.2) is 0 Å². The summed E-state index contributed by atoms with van der Waals surface area (Å²) in [5.74, 6) is 0.497. The molecule has 2 atom stereocenters. The van der Waals surface area contributed by atoms with Gasteiger partial charge in [-0.05, 0) is 43.8 Å². The molecule has 0 aromatic heterocycles. The highest BCUT2D eigenvalue weighted by Crippen LogP contribution is 2.44. The zero-order chi connectivity index (χ0) is 12.8. The second-order valence-electron chi connectivity index (χ2n) is 5.34. The van der Waals surface area contributed by atoms with Gasteiger partial charge in [0, 0.05) is 17.9 Å². The van der Waals surface area contributed by atoms with Crippen LogP contribution >= 0.6 is 0 Å².